The van der Waals surface area contributed by atoms with E-state index in [0.717, 1.165) is 23.7 Å². The van der Waals surface area contributed by atoms with Crippen molar-refractivity contribution < 1.29 is 9.84 Å². The minimum absolute atomic E-state index is 0.113. The Balaban J connectivity index is 2.29. The first-order valence-electron chi connectivity index (χ1n) is 7.04. The van der Waals surface area contributed by atoms with Crippen LogP contribution in [0.15, 0.2) is 48.5 Å². The van der Waals surface area contributed by atoms with E-state index in [2.05, 4.69) is 22.3 Å². The van der Waals surface area contributed by atoms with Gasteiger partial charge in [-0.2, -0.15) is 0 Å². The van der Waals surface area contributed by atoms with Crippen molar-refractivity contribution in [3.63, 3.8) is 0 Å². The van der Waals surface area contributed by atoms with Crippen molar-refractivity contribution in [2.45, 2.75) is 6.54 Å². The maximum absolute atomic E-state index is 9.35. The normalized spacial score (nSPS) is 10.2. The first-order chi connectivity index (χ1) is 10.3. The Kier molecular flexibility index (Phi) is 5.46. The third-order valence-electron chi connectivity index (χ3n) is 3.40. The number of aliphatic hydroxyl groups is 1. The molecule has 0 heterocycles. The number of aliphatic hydroxyl groups excluding tert-OH is 1. The van der Waals surface area contributed by atoms with Crippen LogP contribution in [0, 0.1) is 0 Å². The van der Waals surface area contributed by atoms with Crippen LogP contribution in [0.4, 0.5) is 11.4 Å². The van der Waals surface area contributed by atoms with E-state index in [-0.39, 0.29) is 6.61 Å². The van der Waals surface area contributed by atoms with Crippen molar-refractivity contribution in [3.05, 3.63) is 54.1 Å². The van der Waals surface area contributed by atoms with E-state index in [4.69, 9.17) is 4.74 Å². The third kappa shape index (κ3) is 3.89. The monoisotopic (exact) mass is 286 g/mol. The number of hydrogen-bond donors (Lipinski definition) is 2. The third-order valence-corrected chi connectivity index (χ3v) is 3.40. The smallest absolute Gasteiger partial charge is 0.121 e. The average Bonchev–Trinajstić information content (AvgIpc) is 2.55. The van der Waals surface area contributed by atoms with Gasteiger partial charge in [-0.15, -0.1) is 0 Å². The predicted molar refractivity (Wildman–Crippen MR) is 87.1 cm³/mol. The number of anilines is 2. The van der Waals surface area contributed by atoms with Crippen LogP contribution in [0.25, 0.3) is 0 Å². The average molecular weight is 286 g/mol. The Morgan fingerprint density at radius 3 is 2.52 bits per heavy atom. The highest BCUT2D eigenvalue weighted by atomic mass is 16.5. The summed E-state index contributed by atoms with van der Waals surface area (Å²) in [6.07, 6.45) is 0. The second-order valence-corrected chi connectivity index (χ2v) is 4.76. The first-order valence-corrected chi connectivity index (χ1v) is 7.04. The summed E-state index contributed by atoms with van der Waals surface area (Å²) in [7, 11) is 3.54. The van der Waals surface area contributed by atoms with E-state index in [9.17, 15) is 5.11 Å². The Hall–Kier alpha value is -2.20. The summed E-state index contributed by atoms with van der Waals surface area (Å²) in [5.41, 5.74) is 3.25. The molecular formula is C17H22N2O2. The number of hydrogen-bond acceptors (Lipinski definition) is 4. The van der Waals surface area contributed by atoms with Gasteiger partial charge in [0.15, 0.2) is 0 Å². The molecule has 2 aromatic rings. The molecule has 2 N–H and O–H groups in total. The van der Waals surface area contributed by atoms with Crippen molar-refractivity contribution in [2.75, 3.05) is 37.5 Å². The van der Waals surface area contributed by atoms with Crippen LogP contribution in [0.5, 0.6) is 5.75 Å². The lowest BCUT2D eigenvalue weighted by molar-refractivity contribution is 0.301. The molecule has 0 bridgehead atoms. The quantitative estimate of drug-likeness (QED) is 0.821. The Labute approximate surface area is 126 Å². The van der Waals surface area contributed by atoms with Crippen LogP contribution in [0.3, 0.4) is 0 Å². The molecule has 0 fully saturated rings. The fraction of sp³-hybridized carbons (Fsp3) is 0.294. The lowest BCUT2D eigenvalue weighted by Crippen LogP contribution is -2.26. The highest BCUT2D eigenvalue weighted by Gasteiger charge is 2.12. The van der Waals surface area contributed by atoms with Crippen LogP contribution in [-0.2, 0) is 6.54 Å². The van der Waals surface area contributed by atoms with E-state index >= 15 is 0 Å². The summed E-state index contributed by atoms with van der Waals surface area (Å²) < 4.78 is 5.26. The fourth-order valence-electron chi connectivity index (χ4n) is 2.33. The minimum atomic E-state index is 0.113. The van der Waals surface area contributed by atoms with E-state index < -0.39 is 0 Å². The molecule has 0 radical (unpaired) electrons. The number of methoxy groups -OCH3 is 1. The summed E-state index contributed by atoms with van der Waals surface area (Å²) >= 11 is 0. The zero-order valence-corrected chi connectivity index (χ0v) is 12.5. The van der Waals surface area contributed by atoms with Crippen LogP contribution >= 0.6 is 0 Å². The summed E-state index contributed by atoms with van der Waals surface area (Å²) in [5.74, 6) is 0.812. The van der Waals surface area contributed by atoms with Crippen molar-refractivity contribution in [3.8, 4) is 5.75 Å². The second-order valence-electron chi connectivity index (χ2n) is 4.76. The second kappa shape index (κ2) is 7.55. The zero-order chi connectivity index (χ0) is 15.1. The molecule has 0 amide bonds. The summed E-state index contributed by atoms with van der Waals surface area (Å²) in [6, 6.07) is 16.2. The number of nitrogens with one attached hydrogen (secondary N) is 1. The summed E-state index contributed by atoms with van der Waals surface area (Å²) in [5, 5.41) is 12.5. The van der Waals surface area contributed by atoms with Crippen molar-refractivity contribution >= 4 is 11.4 Å². The molecule has 2 rings (SSSR count). The Morgan fingerprint density at radius 2 is 1.90 bits per heavy atom. The van der Waals surface area contributed by atoms with E-state index in [1.165, 1.54) is 5.56 Å². The van der Waals surface area contributed by atoms with Gasteiger partial charge in [0.2, 0.25) is 0 Å². The molecule has 0 aliphatic rings. The van der Waals surface area contributed by atoms with Gasteiger partial charge in [-0.1, -0.05) is 30.3 Å². The standard InChI is InChI=1S/C17H22N2O2/c1-18-16-12-15(21-2)8-9-17(16)19(10-11-20)13-14-6-4-3-5-7-14/h3-9,12,18,20H,10-11,13H2,1-2H3. The van der Waals surface area contributed by atoms with E-state index in [0.29, 0.717) is 6.54 Å². The zero-order valence-electron chi connectivity index (χ0n) is 12.5. The van der Waals surface area contributed by atoms with Gasteiger partial charge in [-0.3, -0.25) is 0 Å². The molecule has 112 valence electrons. The van der Waals surface area contributed by atoms with Gasteiger partial charge in [0.05, 0.1) is 25.1 Å². The molecule has 0 aliphatic carbocycles. The van der Waals surface area contributed by atoms with Gasteiger partial charge < -0.3 is 20.1 Å². The minimum Gasteiger partial charge on any atom is -0.497 e. The van der Waals surface area contributed by atoms with Crippen molar-refractivity contribution in [2.24, 2.45) is 0 Å². The van der Waals surface area contributed by atoms with E-state index in [1.807, 2.05) is 43.4 Å². The van der Waals surface area contributed by atoms with Gasteiger partial charge in [-0.25, -0.2) is 0 Å². The lowest BCUT2D eigenvalue weighted by atomic mass is 10.1. The van der Waals surface area contributed by atoms with Crippen LogP contribution in [0.2, 0.25) is 0 Å². The maximum atomic E-state index is 9.35. The molecule has 0 saturated carbocycles. The first kappa shape index (κ1) is 15.2. The molecule has 2 aromatic carbocycles. The Morgan fingerprint density at radius 1 is 1.14 bits per heavy atom. The van der Waals surface area contributed by atoms with Crippen LogP contribution in [0.1, 0.15) is 5.56 Å². The molecular weight excluding hydrogens is 264 g/mol. The molecule has 0 aliphatic heterocycles. The van der Waals surface area contributed by atoms with Crippen LogP contribution in [-0.4, -0.2) is 32.4 Å². The molecule has 0 atom stereocenters. The van der Waals surface area contributed by atoms with Crippen molar-refractivity contribution in [1.82, 2.24) is 0 Å². The number of rotatable bonds is 7. The number of benzene rings is 2. The molecule has 21 heavy (non-hydrogen) atoms. The SMILES string of the molecule is CNc1cc(OC)ccc1N(CCO)Cc1ccccc1. The topological polar surface area (TPSA) is 44.7 Å². The van der Waals surface area contributed by atoms with Crippen LogP contribution < -0.4 is 15.0 Å². The number of nitrogens with zero attached hydrogens (tertiary/aromatic N) is 1. The predicted octanol–water partition coefficient (Wildman–Crippen LogP) is 2.74. The van der Waals surface area contributed by atoms with Gasteiger partial charge in [-0.05, 0) is 17.7 Å². The van der Waals surface area contributed by atoms with Gasteiger partial charge >= 0.3 is 0 Å². The van der Waals surface area contributed by atoms with Crippen molar-refractivity contribution in [1.29, 1.82) is 0 Å². The molecule has 0 spiro atoms. The molecule has 0 aromatic heterocycles. The number of ether oxygens (including phenoxy) is 1. The molecule has 0 saturated heterocycles. The summed E-state index contributed by atoms with van der Waals surface area (Å²) in [6.45, 7) is 1.44. The molecule has 0 unspecified atom stereocenters. The van der Waals surface area contributed by atoms with Gasteiger partial charge in [0.1, 0.15) is 5.75 Å². The highest BCUT2D eigenvalue weighted by molar-refractivity contribution is 5.72. The highest BCUT2D eigenvalue weighted by Crippen LogP contribution is 2.30. The lowest BCUT2D eigenvalue weighted by Gasteiger charge is -2.26. The van der Waals surface area contributed by atoms with Gasteiger partial charge in [0.25, 0.3) is 0 Å². The molecule has 4 nitrogen and oxygen atoms in total. The van der Waals surface area contributed by atoms with Gasteiger partial charge in [0, 0.05) is 26.2 Å². The largest absolute Gasteiger partial charge is 0.497 e. The molecule has 4 heteroatoms. The fourth-order valence-corrected chi connectivity index (χ4v) is 2.33. The maximum Gasteiger partial charge on any atom is 0.121 e. The van der Waals surface area contributed by atoms with E-state index in [1.54, 1.807) is 7.11 Å². The Bertz CT molecular complexity index is 558. The summed E-state index contributed by atoms with van der Waals surface area (Å²) in [4.78, 5) is 2.15.